The fourth-order valence-corrected chi connectivity index (χ4v) is 3.00. The number of hydrogen-bond donors (Lipinski definition) is 1. The Kier molecular flexibility index (Phi) is 6.19. The van der Waals surface area contributed by atoms with Gasteiger partial charge in [-0.05, 0) is 59.4 Å². The van der Waals surface area contributed by atoms with Crippen LogP contribution in [0.2, 0.25) is 0 Å². The van der Waals surface area contributed by atoms with Gasteiger partial charge in [0.1, 0.15) is 6.10 Å². The highest BCUT2D eigenvalue weighted by molar-refractivity contribution is 5.74. The smallest absolute Gasteiger partial charge is 0.317 e. The van der Waals surface area contributed by atoms with Crippen LogP contribution in [-0.4, -0.2) is 46.1 Å². The fraction of sp³-hybridized carbons (Fsp3) is 0.706. The maximum Gasteiger partial charge on any atom is 0.317 e. The Bertz CT molecular complexity index is 503. The highest BCUT2D eigenvalue weighted by Gasteiger charge is 2.25. The Morgan fingerprint density at radius 2 is 1.74 bits per heavy atom. The van der Waals surface area contributed by atoms with Crippen LogP contribution in [0.4, 0.5) is 4.79 Å². The van der Waals surface area contributed by atoms with Crippen molar-refractivity contribution in [2.45, 2.75) is 65.5 Å². The minimum atomic E-state index is 0.0389. The minimum absolute atomic E-state index is 0.0389. The predicted molar refractivity (Wildman–Crippen MR) is 89.6 cm³/mol. The van der Waals surface area contributed by atoms with Crippen LogP contribution in [0.3, 0.4) is 0 Å². The van der Waals surface area contributed by atoms with Gasteiger partial charge in [-0.3, -0.25) is 0 Å². The van der Waals surface area contributed by atoms with Crippen LogP contribution in [0.15, 0.2) is 6.07 Å². The second-order valence-electron chi connectivity index (χ2n) is 6.15. The molecule has 1 fully saturated rings. The van der Waals surface area contributed by atoms with Crippen molar-refractivity contribution in [2.24, 2.45) is 0 Å². The van der Waals surface area contributed by atoms with Gasteiger partial charge < -0.3 is 15.0 Å². The van der Waals surface area contributed by atoms with E-state index in [4.69, 9.17) is 4.74 Å². The summed E-state index contributed by atoms with van der Waals surface area (Å²) >= 11 is 0. The summed E-state index contributed by atoms with van der Waals surface area (Å²) in [5, 5.41) is 3.12. The molecule has 0 spiro atoms. The number of rotatable bonds is 5. The highest BCUT2D eigenvalue weighted by atomic mass is 16.5. The highest BCUT2D eigenvalue weighted by Crippen LogP contribution is 2.22. The topological polar surface area (TPSA) is 67.4 Å². The molecule has 0 aliphatic heterocycles. The zero-order valence-electron chi connectivity index (χ0n) is 14.6. The molecule has 6 nitrogen and oxygen atoms in total. The number of ether oxygens (including phenoxy) is 1. The van der Waals surface area contributed by atoms with E-state index in [2.05, 4.69) is 15.3 Å². The van der Waals surface area contributed by atoms with E-state index in [1.165, 1.54) is 0 Å². The van der Waals surface area contributed by atoms with Crippen molar-refractivity contribution in [3.8, 4) is 6.01 Å². The molecule has 128 valence electrons. The zero-order valence-corrected chi connectivity index (χ0v) is 14.6. The monoisotopic (exact) mass is 320 g/mol. The molecule has 1 aliphatic carbocycles. The van der Waals surface area contributed by atoms with Crippen molar-refractivity contribution in [3.05, 3.63) is 17.5 Å². The average molecular weight is 320 g/mol. The van der Waals surface area contributed by atoms with E-state index in [1.54, 1.807) is 0 Å². The first-order valence-corrected chi connectivity index (χ1v) is 8.56. The molecule has 2 rings (SSSR count). The molecule has 1 heterocycles. The zero-order chi connectivity index (χ0) is 16.8. The van der Waals surface area contributed by atoms with Crippen LogP contribution in [0.1, 0.15) is 50.9 Å². The van der Waals surface area contributed by atoms with Crippen LogP contribution < -0.4 is 10.1 Å². The van der Waals surface area contributed by atoms with E-state index in [0.717, 1.165) is 50.2 Å². The molecule has 6 heteroatoms. The van der Waals surface area contributed by atoms with Gasteiger partial charge in [0.25, 0.3) is 0 Å². The van der Waals surface area contributed by atoms with Gasteiger partial charge in [-0.1, -0.05) is 0 Å². The molecule has 1 aromatic heterocycles. The number of aryl methyl sites for hydroxylation is 2. The molecule has 0 bridgehead atoms. The molecule has 23 heavy (non-hydrogen) atoms. The quantitative estimate of drug-likeness (QED) is 0.906. The molecule has 1 aromatic rings. The Hall–Kier alpha value is -1.85. The third kappa shape index (κ3) is 5.08. The average Bonchev–Trinajstić information content (AvgIpc) is 2.49. The normalized spacial score (nSPS) is 20.9. The molecule has 0 atom stereocenters. The van der Waals surface area contributed by atoms with Crippen LogP contribution in [0.5, 0.6) is 6.01 Å². The Labute approximate surface area is 138 Å². The fourth-order valence-electron chi connectivity index (χ4n) is 3.00. The number of carbonyl (C=O) groups excluding carboxylic acids is 1. The maximum absolute atomic E-state index is 12.1. The molecule has 0 unspecified atom stereocenters. The summed E-state index contributed by atoms with van der Waals surface area (Å²) in [6.45, 7) is 9.37. The van der Waals surface area contributed by atoms with Gasteiger partial charge in [-0.25, -0.2) is 14.8 Å². The first-order valence-electron chi connectivity index (χ1n) is 8.56. The summed E-state index contributed by atoms with van der Waals surface area (Å²) in [7, 11) is 0. The molecular weight excluding hydrogens is 292 g/mol. The van der Waals surface area contributed by atoms with Crippen LogP contribution >= 0.6 is 0 Å². The summed E-state index contributed by atoms with van der Waals surface area (Å²) in [6.07, 6.45) is 3.84. The van der Waals surface area contributed by atoms with Crippen LogP contribution in [0.25, 0.3) is 0 Å². The Balaban J connectivity index is 1.80. The summed E-state index contributed by atoms with van der Waals surface area (Å²) < 4.78 is 5.91. The predicted octanol–water partition coefficient (Wildman–Crippen LogP) is 2.83. The van der Waals surface area contributed by atoms with E-state index in [0.29, 0.717) is 6.01 Å². The van der Waals surface area contributed by atoms with Gasteiger partial charge >= 0.3 is 12.0 Å². The van der Waals surface area contributed by atoms with Crippen molar-refractivity contribution in [2.75, 3.05) is 13.1 Å². The lowest BCUT2D eigenvalue weighted by Gasteiger charge is -2.30. The molecule has 1 saturated carbocycles. The van der Waals surface area contributed by atoms with Crippen molar-refractivity contribution in [3.63, 3.8) is 0 Å². The first kappa shape index (κ1) is 17.5. The van der Waals surface area contributed by atoms with Crippen LogP contribution in [-0.2, 0) is 0 Å². The van der Waals surface area contributed by atoms with Gasteiger partial charge in [0.15, 0.2) is 0 Å². The number of carbonyl (C=O) groups is 1. The van der Waals surface area contributed by atoms with E-state index >= 15 is 0 Å². The van der Waals surface area contributed by atoms with E-state index in [-0.39, 0.29) is 18.2 Å². The third-order valence-corrected chi connectivity index (χ3v) is 4.29. The summed E-state index contributed by atoms with van der Waals surface area (Å²) in [4.78, 5) is 22.6. The number of aromatic nitrogens is 2. The van der Waals surface area contributed by atoms with Crippen molar-refractivity contribution in [1.82, 2.24) is 20.2 Å². The van der Waals surface area contributed by atoms with E-state index < -0.39 is 0 Å². The van der Waals surface area contributed by atoms with Crippen LogP contribution in [0, 0.1) is 13.8 Å². The largest absolute Gasteiger partial charge is 0.460 e. The number of nitrogens with one attached hydrogen (secondary N) is 1. The molecule has 1 N–H and O–H groups in total. The lowest BCUT2D eigenvalue weighted by atomic mass is 9.93. The molecule has 0 saturated heterocycles. The summed E-state index contributed by atoms with van der Waals surface area (Å²) in [6, 6.07) is 2.69. The first-order chi connectivity index (χ1) is 11.0. The van der Waals surface area contributed by atoms with Crippen molar-refractivity contribution in [1.29, 1.82) is 0 Å². The number of amides is 2. The SMILES string of the molecule is CCN(CC)C(=O)NC1CCC(Oc2nc(C)cc(C)n2)CC1. The van der Waals surface area contributed by atoms with Crippen molar-refractivity contribution < 1.29 is 9.53 Å². The van der Waals surface area contributed by atoms with E-state index in [1.807, 2.05) is 38.7 Å². The molecule has 2 amide bonds. The lowest BCUT2D eigenvalue weighted by Crippen LogP contribution is -2.46. The molecular formula is C17H28N4O2. The number of nitrogens with zero attached hydrogens (tertiary/aromatic N) is 3. The minimum Gasteiger partial charge on any atom is -0.460 e. The second kappa shape index (κ2) is 8.13. The molecule has 0 aromatic carbocycles. The standard InChI is InChI=1S/C17H28N4O2/c1-5-21(6-2)17(22)20-14-7-9-15(10-8-14)23-16-18-12(3)11-13(4)19-16/h11,14-15H,5-10H2,1-4H3,(H,20,22). The Morgan fingerprint density at radius 3 is 2.26 bits per heavy atom. The summed E-state index contributed by atoms with van der Waals surface area (Å²) in [5.74, 6) is 0. The third-order valence-electron chi connectivity index (χ3n) is 4.29. The number of hydrogen-bond acceptors (Lipinski definition) is 4. The number of urea groups is 1. The maximum atomic E-state index is 12.1. The molecule has 0 radical (unpaired) electrons. The Morgan fingerprint density at radius 1 is 1.17 bits per heavy atom. The van der Waals surface area contributed by atoms with Gasteiger partial charge in [-0.2, -0.15) is 0 Å². The van der Waals surface area contributed by atoms with E-state index in [9.17, 15) is 4.79 Å². The van der Waals surface area contributed by atoms with Gasteiger partial charge in [0.2, 0.25) is 0 Å². The summed E-state index contributed by atoms with van der Waals surface area (Å²) in [5.41, 5.74) is 1.85. The second-order valence-corrected chi connectivity index (χ2v) is 6.15. The molecule has 1 aliphatic rings. The van der Waals surface area contributed by atoms with Gasteiger partial charge in [0.05, 0.1) is 0 Å². The van der Waals surface area contributed by atoms with Crippen molar-refractivity contribution >= 4 is 6.03 Å². The lowest BCUT2D eigenvalue weighted by molar-refractivity contribution is 0.125. The van der Waals surface area contributed by atoms with Gasteiger partial charge in [-0.15, -0.1) is 0 Å². The van der Waals surface area contributed by atoms with Gasteiger partial charge in [0, 0.05) is 30.5 Å².